The van der Waals surface area contributed by atoms with Crippen LogP contribution in [-0.2, 0) is 28.6 Å². The van der Waals surface area contributed by atoms with Crippen molar-refractivity contribution in [3.8, 4) is 10.4 Å². The van der Waals surface area contributed by atoms with Crippen molar-refractivity contribution in [1.82, 2.24) is 15.2 Å². The first-order valence-electron chi connectivity index (χ1n) is 14.6. The number of hydrogen-bond donors (Lipinski definition) is 3. The molecule has 1 aliphatic heterocycles. The van der Waals surface area contributed by atoms with Crippen molar-refractivity contribution in [1.29, 1.82) is 0 Å². The number of aliphatic hydroxyl groups excluding tert-OH is 1. The van der Waals surface area contributed by atoms with E-state index in [1.54, 1.807) is 25.2 Å². The molecule has 0 spiro atoms. The summed E-state index contributed by atoms with van der Waals surface area (Å²) in [6.07, 6.45) is -0.381. The van der Waals surface area contributed by atoms with Gasteiger partial charge in [0.25, 0.3) is 0 Å². The Bertz CT molecular complexity index is 1260. The zero-order chi connectivity index (χ0) is 31.7. The van der Waals surface area contributed by atoms with E-state index in [-0.39, 0.29) is 31.5 Å². The summed E-state index contributed by atoms with van der Waals surface area (Å²) in [5.74, 6) is -3.17. The van der Waals surface area contributed by atoms with Crippen molar-refractivity contribution < 1.29 is 33.7 Å². The van der Waals surface area contributed by atoms with Crippen molar-refractivity contribution in [2.24, 2.45) is 17.6 Å². The minimum absolute atomic E-state index is 0.0239. The predicted octanol–water partition coefficient (Wildman–Crippen LogP) is 3.31. The predicted molar refractivity (Wildman–Crippen MR) is 164 cm³/mol. The van der Waals surface area contributed by atoms with Crippen molar-refractivity contribution in [3.05, 3.63) is 53.0 Å². The molecule has 0 unspecified atom stereocenters. The van der Waals surface area contributed by atoms with Crippen LogP contribution in [0, 0.1) is 18.8 Å². The van der Waals surface area contributed by atoms with Crippen molar-refractivity contribution >= 4 is 28.9 Å². The summed E-state index contributed by atoms with van der Waals surface area (Å²) >= 11 is 1.57. The molecule has 4 atom stereocenters. The second kappa shape index (κ2) is 15.9. The fraction of sp³-hybridized carbons (Fsp3) is 0.548. The molecule has 4 N–H and O–H groups in total. The monoisotopic (exact) mass is 616 g/mol. The van der Waals surface area contributed by atoms with Gasteiger partial charge in [-0.2, -0.15) is 0 Å². The van der Waals surface area contributed by atoms with Gasteiger partial charge in [-0.05, 0) is 44.7 Å². The highest BCUT2D eigenvalue weighted by Gasteiger charge is 2.43. The summed E-state index contributed by atoms with van der Waals surface area (Å²) in [4.78, 5) is 47.0. The van der Waals surface area contributed by atoms with Crippen LogP contribution in [0.4, 0.5) is 0 Å². The van der Waals surface area contributed by atoms with Crippen molar-refractivity contribution in [2.75, 3.05) is 26.4 Å². The lowest BCUT2D eigenvalue weighted by Gasteiger charge is -2.29. The molecule has 43 heavy (non-hydrogen) atoms. The number of nitrogens with zero attached hydrogens (tertiary/aromatic N) is 2. The third kappa shape index (κ3) is 9.09. The molecule has 3 rings (SSSR count). The molecule has 1 aliphatic rings. The fourth-order valence-corrected chi connectivity index (χ4v) is 5.88. The van der Waals surface area contributed by atoms with E-state index in [4.69, 9.17) is 19.9 Å². The maximum atomic E-state index is 13.7. The number of ether oxygens (including phenoxy) is 3. The lowest BCUT2D eigenvalue weighted by Crippen LogP contribution is -2.50. The number of allylic oxidation sites excluding steroid dienone is 1. The number of nitrogens with two attached hydrogens (primary N) is 1. The summed E-state index contributed by atoms with van der Waals surface area (Å²) in [7, 11) is 0. The minimum atomic E-state index is -1.11. The Kier molecular flexibility index (Phi) is 12.7. The molecule has 0 radical (unpaired) electrons. The number of carbonyl (C=O) groups is 3. The minimum Gasteiger partial charge on any atom is -0.474 e. The van der Waals surface area contributed by atoms with Gasteiger partial charge in [-0.25, -0.2) is 4.98 Å². The summed E-state index contributed by atoms with van der Waals surface area (Å²) in [5.41, 5.74) is 10.6. The molecule has 2 amide bonds. The summed E-state index contributed by atoms with van der Waals surface area (Å²) < 4.78 is 16.3. The maximum Gasteiger partial charge on any atom is 0.243 e. The molecule has 2 heterocycles. The van der Waals surface area contributed by atoms with Crippen molar-refractivity contribution in [3.63, 3.8) is 0 Å². The van der Waals surface area contributed by atoms with E-state index < -0.39 is 47.9 Å². The largest absolute Gasteiger partial charge is 0.474 e. The third-order valence-corrected chi connectivity index (χ3v) is 8.23. The molecule has 236 valence electrons. The van der Waals surface area contributed by atoms with Gasteiger partial charge < -0.3 is 35.3 Å². The molecule has 2 aromatic rings. The molecule has 11 nitrogen and oxygen atoms in total. The number of aliphatic hydroxyl groups is 1. The van der Waals surface area contributed by atoms with E-state index in [2.05, 4.69) is 10.3 Å². The van der Waals surface area contributed by atoms with E-state index in [9.17, 15) is 19.5 Å². The number of thiazole rings is 1. The van der Waals surface area contributed by atoms with Crippen LogP contribution >= 0.6 is 11.3 Å². The van der Waals surface area contributed by atoms with Gasteiger partial charge in [0.2, 0.25) is 11.8 Å². The molecule has 1 saturated heterocycles. The number of amides is 2. The molecule has 1 aromatic carbocycles. The number of nitrogens with one attached hydrogen (secondary N) is 1. The van der Waals surface area contributed by atoms with E-state index in [1.807, 2.05) is 57.5 Å². The first kappa shape index (κ1) is 34.2. The molecule has 1 aromatic heterocycles. The van der Waals surface area contributed by atoms with E-state index >= 15 is 0 Å². The van der Waals surface area contributed by atoms with Gasteiger partial charge in [0.1, 0.15) is 18.6 Å². The highest BCUT2D eigenvalue weighted by molar-refractivity contribution is 7.13. The molecular formula is C31H44N4O7S. The van der Waals surface area contributed by atoms with Gasteiger partial charge in [-0.15, -0.1) is 11.3 Å². The average molecular weight is 617 g/mol. The third-order valence-electron chi connectivity index (χ3n) is 7.26. The number of aromatic nitrogens is 1. The highest BCUT2D eigenvalue weighted by atomic mass is 32.1. The lowest BCUT2D eigenvalue weighted by molar-refractivity contribution is -0.160. The first-order valence-corrected chi connectivity index (χ1v) is 15.5. The standard InChI is InChI=1S/C31H44N4O7S/c1-7-40-27(41-8-2)16-42-26(32)14-25(37)28(18(3)4)31(39)35-15-23(36)13-24(35)30(38)34-19(5)21-9-11-22(12-10-21)29-20(6)33-17-43-29/h9-12,14,17-19,23-24,27-28,36H,7-8,13,15-16,32H2,1-6H3,(H,34,38)/t19-,23+,24-,28+/m0/s1. The Morgan fingerprint density at radius 2 is 1.81 bits per heavy atom. The number of rotatable bonds is 15. The number of carbonyl (C=O) groups excluding carboxylic acids is 3. The smallest absolute Gasteiger partial charge is 0.243 e. The molecule has 12 heteroatoms. The maximum absolute atomic E-state index is 13.7. The van der Waals surface area contributed by atoms with Gasteiger partial charge in [-0.1, -0.05) is 38.1 Å². The fourth-order valence-electron chi connectivity index (χ4n) is 5.07. The topological polar surface area (TPSA) is 153 Å². The summed E-state index contributed by atoms with van der Waals surface area (Å²) in [6.45, 7) is 11.7. The van der Waals surface area contributed by atoms with Crippen molar-refractivity contribution in [2.45, 2.75) is 72.4 Å². The number of hydrogen-bond acceptors (Lipinski definition) is 10. The SMILES string of the molecule is CCOC(COC(N)=CC(=O)[C@H](C(=O)N1C[C@H](O)C[C@H]1C(=O)N[C@@H](C)c1ccc(-c2scnc2C)cc1)C(C)C)OCC. The second-order valence-corrected chi connectivity index (χ2v) is 11.7. The normalized spacial score (nSPS) is 18.6. The van der Waals surface area contributed by atoms with Gasteiger partial charge in [0, 0.05) is 32.3 Å². The zero-order valence-corrected chi connectivity index (χ0v) is 26.6. The zero-order valence-electron chi connectivity index (χ0n) is 25.7. The van der Waals surface area contributed by atoms with Crippen LogP contribution in [0.5, 0.6) is 0 Å². The molecular weight excluding hydrogens is 572 g/mol. The number of aryl methyl sites for hydroxylation is 1. The second-order valence-electron chi connectivity index (χ2n) is 10.8. The van der Waals surface area contributed by atoms with E-state index in [0.717, 1.165) is 27.8 Å². The van der Waals surface area contributed by atoms with Crippen LogP contribution in [-0.4, -0.2) is 77.4 Å². The van der Waals surface area contributed by atoms with Gasteiger partial charge in [0.15, 0.2) is 18.0 Å². The highest BCUT2D eigenvalue weighted by Crippen LogP contribution is 2.29. The Morgan fingerprint density at radius 3 is 2.37 bits per heavy atom. The number of likely N-dealkylation sites (tertiary alicyclic amines) is 1. The summed E-state index contributed by atoms with van der Waals surface area (Å²) in [6, 6.07) is 6.60. The quantitative estimate of drug-likeness (QED) is 0.118. The average Bonchev–Trinajstić information content (AvgIpc) is 3.57. The number of β-amino-alcohol motifs (C(OH)–C–C–N with tert-alkyl or cyclic N) is 1. The first-order chi connectivity index (χ1) is 20.5. The van der Waals surface area contributed by atoms with Crippen LogP contribution in [0.25, 0.3) is 10.4 Å². The molecule has 1 fully saturated rings. The Labute approximate surface area is 257 Å². The van der Waals surface area contributed by atoms with Crippen LogP contribution in [0.3, 0.4) is 0 Å². The summed E-state index contributed by atoms with van der Waals surface area (Å²) in [5, 5.41) is 13.4. The molecule has 0 saturated carbocycles. The van der Waals surface area contributed by atoms with E-state index in [1.165, 1.54) is 4.90 Å². The number of benzene rings is 1. The lowest BCUT2D eigenvalue weighted by atomic mass is 9.89. The number of ketones is 1. The van der Waals surface area contributed by atoms with Crippen LogP contribution in [0.15, 0.2) is 41.7 Å². The van der Waals surface area contributed by atoms with Crippen LogP contribution in [0.2, 0.25) is 0 Å². The van der Waals surface area contributed by atoms with Gasteiger partial charge in [-0.3, -0.25) is 14.4 Å². The molecule has 0 aliphatic carbocycles. The Hall–Kier alpha value is -3.32. The van der Waals surface area contributed by atoms with E-state index in [0.29, 0.717) is 13.2 Å². The van der Waals surface area contributed by atoms with Gasteiger partial charge >= 0.3 is 0 Å². The van der Waals surface area contributed by atoms with Crippen LogP contribution in [0.1, 0.15) is 58.3 Å². The van der Waals surface area contributed by atoms with Gasteiger partial charge in [0.05, 0.1) is 28.2 Å². The molecule has 0 bridgehead atoms. The van der Waals surface area contributed by atoms with Crippen LogP contribution < -0.4 is 11.1 Å². The Morgan fingerprint density at radius 1 is 1.16 bits per heavy atom. The Balaban J connectivity index is 1.68.